The number of carbonyl (C=O) groups excluding carboxylic acids is 1. The molecule has 0 spiro atoms. The van der Waals surface area contributed by atoms with Gasteiger partial charge in [-0.25, -0.2) is 8.42 Å². The third kappa shape index (κ3) is 3.66. The standard InChI is InChI=1S/C18H19N3O3S/c1-21(25(2,23)24)17-10-6-5-9-16(17)20-18(22)11-13-12-19-15-8-4-3-7-14(13)15/h3-10,12,19H,11H2,1-2H3,(H,20,22). The lowest BCUT2D eigenvalue weighted by atomic mass is 10.1. The SMILES string of the molecule is CN(c1ccccc1NC(=O)Cc1c[nH]c2ccccc12)S(C)(=O)=O. The average Bonchev–Trinajstić information content (AvgIpc) is 2.97. The van der Waals surface area contributed by atoms with Crippen LogP contribution >= 0.6 is 0 Å². The van der Waals surface area contributed by atoms with Crippen molar-refractivity contribution < 1.29 is 13.2 Å². The summed E-state index contributed by atoms with van der Waals surface area (Å²) in [6, 6.07) is 14.6. The van der Waals surface area contributed by atoms with Gasteiger partial charge in [-0.1, -0.05) is 30.3 Å². The molecule has 1 amide bonds. The van der Waals surface area contributed by atoms with E-state index in [1.165, 1.54) is 7.05 Å². The maximum atomic E-state index is 12.5. The van der Waals surface area contributed by atoms with Crippen molar-refractivity contribution in [2.75, 3.05) is 22.9 Å². The number of para-hydroxylation sites is 3. The van der Waals surface area contributed by atoms with E-state index in [4.69, 9.17) is 0 Å². The summed E-state index contributed by atoms with van der Waals surface area (Å²) in [5.74, 6) is -0.209. The fourth-order valence-corrected chi connectivity index (χ4v) is 3.19. The summed E-state index contributed by atoms with van der Waals surface area (Å²) in [4.78, 5) is 15.6. The third-order valence-electron chi connectivity index (χ3n) is 4.04. The molecule has 3 rings (SSSR count). The third-order valence-corrected chi connectivity index (χ3v) is 5.23. The maximum Gasteiger partial charge on any atom is 0.232 e. The molecule has 1 aromatic heterocycles. The monoisotopic (exact) mass is 357 g/mol. The first kappa shape index (κ1) is 17.0. The molecule has 0 fully saturated rings. The molecule has 0 aliphatic carbocycles. The molecule has 2 aromatic carbocycles. The molecule has 0 aliphatic heterocycles. The minimum atomic E-state index is -3.42. The molecule has 130 valence electrons. The number of aromatic nitrogens is 1. The van der Waals surface area contributed by atoms with Gasteiger partial charge < -0.3 is 10.3 Å². The van der Waals surface area contributed by atoms with Gasteiger partial charge in [-0.2, -0.15) is 0 Å². The van der Waals surface area contributed by atoms with Gasteiger partial charge >= 0.3 is 0 Å². The number of anilines is 2. The minimum Gasteiger partial charge on any atom is -0.361 e. The number of carbonyl (C=O) groups is 1. The molecule has 0 aliphatic rings. The number of hydrogen-bond acceptors (Lipinski definition) is 3. The molecule has 0 unspecified atom stereocenters. The van der Waals surface area contributed by atoms with Crippen molar-refractivity contribution in [1.82, 2.24) is 4.98 Å². The number of H-pyrrole nitrogens is 1. The second-order valence-corrected chi connectivity index (χ2v) is 7.85. The van der Waals surface area contributed by atoms with E-state index < -0.39 is 10.0 Å². The van der Waals surface area contributed by atoms with E-state index >= 15 is 0 Å². The number of hydrogen-bond donors (Lipinski definition) is 2. The van der Waals surface area contributed by atoms with Crippen LogP contribution in [0.2, 0.25) is 0 Å². The second kappa shape index (κ2) is 6.60. The van der Waals surface area contributed by atoms with Crippen LogP contribution in [-0.2, 0) is 21.2 Å². The highest BCUT2D eigenvalue weighted by Crippen LogP contribution is 2.27. The fourth-order valence-electron chi connectivity index (χ4n) is 2.68. The van der Waals surface area contributed by atoms with E-state index in [0.29, 0.717) is 11.4 Å². The lowest BCUT2D eigenvalue weighted by molar-refractivity contribution is -0.115. The summed E-state index contributed by atoms with van der Waals surface area (Å²) in [6.07, 6.45) is 3.14. The van der Waals surface area contributed by atoms with Crippen LogP contribution in [0, 0.1) is 0 Å². The topological polar surface area (TPSA) is 82.3 Å². The molecule has 0 atom stereocenters. The van der Waals surface area contributed by atoms with Gasteiger partial charge in [0.15, 0.2) is 0 Å². The zero-order valence-corrected chi connectivity index (χ0v) is 14.8. The number of fused-ring (bicyclic) bond motifs is 1. The first-order chi connectivity index (χ1) is 11.9. The molecule has 2 N–H and O–H groups in total. The summed E-state index contributed by atoms with van der Waals surface area (Å²) in [5, 5.41) is 3.81. The van der Waals surface area contributed by atoms with Gasteiger partial charge in [-0.05, 0) is 23.8 Å². The summed E-state index contributed by atoms with van der Waals surface area (Å²) in [6.45, 7) is 0. The Bertz CT molecular complexity index is 1020. The lowest BCUT2D eigenvalue weighted by Crippen LogP contribution is -2.26. The van der Waals surface area contributed by atoms with Crippen molar-refractivity contribution in [2.45, 2.75) is 6.42 Å². The Morgan fingerprint density at radius 2 is 1.80 bits per heavy atom. The molecule has 0 saturated carbocycles. The Balaban J connectivity index is 1.82. The smallest absolute Gasteiger partial charge is 0.232 e. The highest BCUT2D eigenvalue weighted by Gasteiger charge is 2.17. The minimum absolute atomic E-state index is 0.195. The van der Waals surface area contributed by atoms with Crippen LogP contribution in [0.5, 0.6) is 0 Å². The van der Waals surface area contributed by atoms with E-state index in [-0.39, 0.29) is 12.3 Å². The van der Waals surface area contributed by atoms with Crippen molar-refractivity contribution in [3.63, 3.8) is 0 Å². The largest absolute Gasteiger partial charge is 0.361 e. The zero-order chi connectivity index (χ0) is 18.0. The average molecular weight is 357 g/mol. The number of benzene rings is 2. The van der Waals surface area contributed by atoms with E-state index in [1.54, 1.807) is 24.3 Å². The Morgan fingerprint density at radius 1 is 1.12 bits per heavy atom. The number of sulfonamides is 1. The number of amides is 1. The first-order valence-electron chi connectivity index (χ1n) is 7.74. The summed E-state index contributed by atoms with van der Waals surface area (Å²) < 4.78 is 24.7. The van der Waals surface area contributed by atoms with Crippen LogP contribution in [0.25, 0.3) is 10.9 Å². The summed E-state index contributed by atoms with van der Waals surface area (Å²) in [7, 11) is -1.96. The summed E-state index contributed by atoms with van der Waals surface area (Å²) in [5.41, 5.74) is 2.75. The van der Waals surface area contributed by atoms with Crippen molar-refractivity contribution in [3.05, 3.63) is 60.3 Å². The van der Waals surface area contributed by atoms with E-state index in [1.807, 2.05) is 30.5 Å². The highest BCUT2D eigenvalue weighted by molar-refractivity contribution is 7.92. The molecular formula is C18H19N3O3S. The normalized spacial score (nSPS) is 11.4. The molecule has 0 radical (unpaired) electrons. The van der Waals surface area contributed by atoms with Crippen molar-refractivity contribution in [3.8, 4) is 0 Å². The van der Waals surface area contributed by atoms with Gasteiger partial charge in [0.25, 0.3) is 0 Å². The van der Waals surface area contributed by atoms with Crippen molar-refractivity contribution in [2.24, 2.45) is 0 Å². The van der Waals surface area contributed by atoms with Crippen LogP contribution < -0.4 is 9.62 Å². The maximum absolute atomic E-state index is 12.5. The Morgan fingerprint density at radius 3 is 2.56 bits per heavy atom. The number of nitrogens with one attached hydrogen (secondary N) is 2. The van der Waals surface area contributed by atoms with Gasteiger partial charge in [0.2, 0.25) is 15.9 Å². The first-order valence-corrected chi connectivity index (χ1v) is 9.59. The molecule has 7 heteroatoms. The molecule has 6 nitrogen and oxygen atoms in total. The van der Waals surface area contributed by atoms with Gasteiger partial charge in [-0.3, -0.25) is 9.10 Å². The second-order valence-electron chi connectivity index (χ2n) is 5.83. The molecule has 25 heavy (non-hydrogen) atoms. The Labute approximate surface area is 146 Å². The van der Waals surface area contributed by atoms with E-state index in [9.17, 15) is 13.2 Å². The Hall–Kier alpha value is -2.80. The van der Waals surface area contributed by atoms with Gasteiger partial charge in [-0.15, -0.1) is 0 Å². The Kier molecular flexibility index (Phi) is 4.50. The molecule has 1 heterocycles. The zero-order valence-electron chi connectivity index (χ0n) is 14.0. The predicted octanol–water partition coefficient (Wildman–Crippen LogP) is 2.74. The van der Waals surface area contributed by atoms with Crippen molar-refractivity contribution in [1.29, 1.82) is 0 Å². The van der Waals surface area contributed by atoms with E-state index in [0.717, 1.165) is 27.0 Å². The quantitative estimate of drug-likeness (QED) is 0.737. The number of nitrogens with zero attached hydrogens (tertiary/aromatic N) is 1. The molecule has 0 saturated heterocycles. The molecule has 0 bridgehead atoms. The highest BCUT2D eigenvalue weighted by atomic mass is 32.2. The van der Waals surface area contributed by atoms with Crippen LogP contribution in [0.15, 0.2) is 54.7 Å². The fraction of sp³-hybridized carbons (Fsp3) is 0.167. The van der Waals surface area contributed by atoms with Crippen LogP contribution in [0.1, 0.15) is 5.56 Å². The summed E-state index contributed by atoms with van der Waals surface area (Å²) >= 11 is 0. The van der Waals surface area contributed by atoms with Crippen molar-refractivity contribution >= 4 is 38.2 Å². The van der Waals surface area contributed by atoms with E-state index in [2.05, 4.69) is 10.3 Å². The number of aromatic amines is 1. The van der Waals surface area contributed by atoms with Crippen LogP contribution in [0.3, 0.4) is 0 Å². The molecular weight excluding hydrogens is 338 g/mol. The molecule has 3 aromatic rings. The lowest BCUT2D eigenvalue weighted by Gasteiger charge is -2.20. The number of rotatable bonds is 5. The van der Waals surface area contributed by atoms with Gasteiger partial charge in [0, 0.05) is 24.1 Å². The predicted molar refractivity (Wildman–Crippen MR) is 100 cm³/mol. The van der Waals surface area contributed by atoms with Crippen LogP contribution in [-0.4, -0.2) is 32.6 Å². The van der Waals surface area contributed by atoms with Gasteiger partial charge in [0.1, 0.15) is 0 Å². The van der Waals surface area contributed by atoms with Gasteiger partial charge in [0.05, 0.1) is 24.1 Å². The van der Waals surface area contributed by atoms with Crippen LogP contribution in [0.4, 0.5) is 11.4 Å².